The van der Waals surface area contributed by atoms with Gasteiger partial charge in [-0.2, -0.15) is 0 Å². The maximum atomic E-state index is 10.6. The molecule has 0 saturated heterocycles. The number of carboxylic acids is 1. The van der Waals surface area contributed by atoms with Crippen LogP contribution >= 0.6 is 0 Å². The summed E-state index contributed by atoms with van der Waals surface area (Å²) in [5, 5.41) is 8.72. The van der Waals surface area contributed by atoms with E-state index < -0.39 is 5.97 Å². The molecule has 1 heterocycles. The fraction of sp³-hybridized carbons (Fsp3) is 0.600. The SMILES string of the molecule is O=C(O)c1cn(C2CCCCC2)cn1. The van der Waals surface area contributed by atoms with Gasteiger partial charge in [-0.05, 0) is 12.8 Å². The molecular formula is C10H14N2O2. The Balaban J connectivity index is 2.11. The summed E-state index contributed by atoms with van der Waals surface area (Å²) >= 11 is 0. The quantitative estimate of drug-likeness (QED) is 0.784. The first-order chi connectivity index (χ1) is 6.77. The lowest BCUT2D eigenvalue weighted by molar-refractivity contribution is 0.0691. The topological polar surface area (TPSA) is 55.1 Å². The lowest BCUT2D eigenvalue weighted by Crippen LogP contribution is -2.11. The van der Waals surface area contributed by atoms with E-state index in [9.17, 15) is 4.79 Å². The van der Waals surface area contributed by atoms with Crippen LogP contribution in [0.15, 0.2) is 12.5 Å². The first-order valence-electron chi connectivity index (χ1n) is 5.04. The lowest BCUT2D eigenvalue weighted by atomic mass is 9.95. The minimum atomic E-state index is -0.945. The van der Waals surface area contributed by atoms with Gasteiger partial charge in [0.05, 0.1) is 6.33 Å². The average molecular weight is 194 g/mol. The molecule has 0 atom stereocenters. The molecule has 1 saturated carbocycles. The van der Waals surface area contributed by atoms with Gasteiger partial charge in [0.2, 0.25) is 0 Å². The molecule has 1 aliphatic carbocycles. The molecule has 0 bridgehead atoms. The van der Waals surface area contributed by atoms with Gasteiger partial charge < -0.3 is 9.67 Å². The van der Waals surface area contributed by atoms with Crippen LogP contribution in [-0.4, -0.2) is 20.6 Å². The van der Waals surface area contributed by atoms with E-state index in [2.05, 4.69) is 4.98 Å². The number of carbonyl (C=O) groups is 1. The minimum absolute atomic E-state index is 0.149. The summed E-state index contributed by atoms with van der Waals surface area (Å²) in [4.78, 5) is 14.5. The van der Waals surface area contributed by atoms with Crippen molar-refractivity contribution in [1.29, 1.82) is 0 Å². The number of aromatic carboxylic acids is 1. The van der Waals surface area contributed by atoms with Crippen LogP contribution in [-0.2, 0) is 0 Å². The highest BCUT2D eigenvalue weighted by molar-refractivity contribution is 5.84. The fourth-order valence-electron chi connectivity index (χ4n) is 2.03. The number of hydrogen-bond donors (Lipinski definition) is 1. The van der Waals surface area contributed by atoms with Gasteiger partial charge in [-0.1, -0.05) is 19.3 Å². The summed E-state index contributed by atoms with van der Waals surface area (Å²) in [5.41, 5.74) is 0.149. The molecule has 1 fully saturated rings. The highest BCUT2D eigenvalue weighted by Crippen LogP contribution is 2.27. The van der Waals surface area contributed by atoms with Crippen molar-refractivity contribution in [3.63, 3.8) is 0 Å². The van der Waals surface area contributed by atoms with Gasteiger partial charge in [0.1, 0.15) is 0 Å². The van der Waals surface area contributed by atoms with Crippen LogP contribution in [0, 0.1) is 0 Å². The van der Waals surface area contributed by atoms with Gasteiger partial charge in [-0.3, -0.25) is 0 Å². The monoisotopic (exact) mass is 194 g/mol. The Morgan fingerprint density at radius 3 is 2.71 bits per heavy atom. The summed E-state index contributed by atoms with van der Waals surface area (Å²) < 4.78 is 1.95. The Hall–Kier alpha value is -1.32. The van der Waals surface area contributed by atoms with Gasteiger partial charge in [0.25, 0.3) is 0 Å². The van der Waals surface area contributed by atoms with Gasteiger partial charge >= 0.3 is 5.97 Å². The third kappa shape index (κ3) is 1.78. The second-order valence-corrected chi connectivity index (χ2v) is 3.80. The summed E-state index contributed by atoms with van der Waals surface area (Å²) in [6, 6.07) is 0.462. The standard InChI is InChI=1S/C10H14N2O2/c13-10(14)9-6-12(7-11-9)8-4-2-1-3-5-8/h6-8H,1-5H2,(H,13,14). The van der Waals surface area contributed by atoms with Crippen molar-refractivity contribution in [2.75, 3.05) is 0 Å². The van der Waals surface area contributed by atoms with Crippen LogP contribution in [0.2, 0.25) is 0 Å². The van der Waals surface area contributed by atoms with Crippen molar-refractivity contribution < 1.29 is 9.90 Å². The third-order valence-electron chi connectivity index (χ3n) is 2.82. The molecule has 0 unspecified atom stereocenters. The number of nitrogens with zero attached hydrogens (tertiary/aromatic N) is 2. The van der Waals surface area contributed by atoms with Crippen LogP contribution in [0.3, 0.4) is 0 Å². The summed E-state index contributed by atoms with van der Waals surface area (Å²) in [5.74, 6) is -0.945. The molecule has 0 radical (unpaired) electrons. The van der Waals surface area contributed by atoms with Gasteiger partial charge in [-0.15, -0.1) is 0 Å². The number of imidazole rings is 1. The molecule has 0 aromatic carbocycles. The van der Waals surface area contributed by atoms with E-state index in [1.165, 1.54) is 19.3 Å². The van der Waals surface area contributed by atoms with Crippen molar-refractivity contribution in [2.24, 2.45) is 0 Å². The molecule has 1 aromatic rings. The zero-order chi connectivity index (χ0) is 9.97. The molecule has 1 aromatic heterocycles. The third-order valence-corrected chi connectivity index (χ3v) is 2.82. The molecule has 0 spiro atoms. The Labute approximate surface area is 82.6 Å². The molecule has 4 heteroatoms. The molecular weight excluding hydrogens is 180 g/mol. The lowest BCUT2D eigenvalue weighted by Gasteiger charge is -2.22. The molecule has 1 aliphatic rings. The Morgan fingerprint density at radius 1 is 1.43 bits per heavy atom. The van der Waals surface area contributed by atoms with E-state index in [1.54, 1.807) is 12.5 Å². The van der Waals surface area contributed by atoms with Crippen molar-refractivity contribution in [3.05, 3.63) is 18.2 Å². The predicted molar refractivity (Wildman–Crippen MR) is 51.3 cm³/mol. The Morgan fingerprint density at radius 2 is 2.14 bits per heavy atom. The number of hydrogen-bond acceptors (Lipinski definition) is 2. The van der Waals surface area contributed by atoms with Crippen molar-refractivity contribution in [3.8, 4) is 0 Å². The largest absolute Gasteiger partial charge is 0.476 e. The molecule has 4 nitrogen and oxygen atoms in total. The maximum Gasteiger partial charge on any atom is 0.356 e. The van der Waals surface area contributed by atoms with Crippen LogP contribution in [0.4, 0.5) is 0 Å². The predicted octanol–water partition coefficient (Wildman–Crippen LogP) is 2.09. The van der Waals surface area contributed by atoms with Gasteiger partial charge in [0.15, 0.2) is 5.69 Å². The number of aromatic nitrogens is 2. The molecule has 76 valence electrons. The van der Waals surface area contributed by atoms with Crippen molar-refractivity contribution >= 4 is 5.97 Å². The van der Waals surface area contributed by atoms with Crippen LogP contribution in [0.1, 0.15) is 48.6 Å². The van der Waals surface area contributed by atoms with Crippen LogP contribution in [0.5, 0.6) is 0 Å². The van der Waals surface area contributed by atoms with Gasteiger partial charge in [0, 0.05) is 12.2 Å². The Kier molecular flexibility index (Phi) is 2.52. The van der Waals surface area contributed by atoms with E-state index in [0.29, 0.717) is 6.04 Å². The van der Waals surface area contributed by atoms with Crippen LogP contribution in [0.25, 0.3) is 0 Å². The fourth-order valence-corrected chi connectivity index (χ4v) is 2.03. The molecule has 0 amide bonds. The normalized spacial score (nSPS) is 18.3. The van der Waals surface area contributed by atoms with E-state index >= 15 is 0 Å². The second-order valence-electron chi connectivity index (χ2n) is 3.80. The highest BCUT2D eigenvalue weighted by Gasteiger charge is 2.16. The van der Waals surface area contributed by atoms with E-state index in [-0.39, 0.29) is 5.69 Å². The second kappa shape index (κ2) is 3.82. The molecule has 14 heavy (non-hydrogen) atoms. The Bertz CT molecular complexity index is 327. The minimum Gasteiger partial charge on any atom is -0.476 e. The maximum absolute atomic E-state index is 10.6. The highest BCUT2D eigenvalue weighted by atomic mass is 16.4. The average Bonchev–Trinajstić information content (AvgIpc) is 2.68. The number of carboxylic acid groups (broad SMARTS) is 1. The van der Waals surface area contributed by atoms with Crippen LogP contribution < -0.4 is 0 Å². The molecule has 2 rings (SSSR count). The first-order valence-corrected chi connectivity index (χ1v) is 5.04. The molecule has 0 aliphatic heterocycles. The summed E-state index contributed by atoms with van der Waals surface area (Å²) in [6.45, 7) is 0. The first kappa shape index (κ1) is 9.24. The number of rotatable bonds is 2. The summed E-state index contributed by atoms with van der Waals surface area (Å²) in [6.07, 6.45) is 9.36. The van der Waals surface area contributed by atoms with Crippen molar-refractivity contribution in [1.82, 2.24) is 9.55 Å². The molecule has 1 N–H and O–H groups in total. The van der Waals surface area contributed by atoms with E-state index in [4.69, 9.17) is 5.11 Å². The summed E-state index contributed by atoms with van der Waals surface area (Å²) in [7, 11) is 0. The zero-order valence-electron chi connectivity index (χ0n) is 8.02. The zero-order valence-corrected chi connectivity index (χ0v) is 8.02. The van der Waals surface area contributed by atoms with E-state index in [1.807, 2.05) is 4.57 Å². The smallest absolute Gasteiger partial charge is 0.356 e. The van der Waals surface area contributed by atoms with E-state index in [0.717, 1.165) is 12.8 Å². The van der Waals surface area contributed by atoms with Gasteiger partial charge in [-0.25, -0.2) is 9.78 Å². The van der Waals surface area contributed by atoms with Crippen molar-refractivity contribution in [2.45, 2.75) is 38.1 Å².